The molecule has 2 aromatic carbocycles. The van der Waals surface area contributed by atoms with Crippen molar-refractivity contribution in [2.24, 2.45) is 0 Å². The normalized spacial score (nSPS) is 10.3. The molecular formula is C17H17BrFNO3. The Morgan fingerprint density at radius 2 is 1.83 bits per heavy atom. The topological polar surface area (TPSA) is 38.8 Å². The van der Waals surface area contributed by atoms with E-state index in [9.17, 15) is 9.18 Å². The van der Waals surface area contributed by atoms with E-state index in [1.54, 1.807) is 27.3 Å². The van der Waals surface area contributed by atoms with Gasteiger partial charge in [-0.3, -0.25) is 4.79 Å². The summed E-state index contributed by atoms with van der Waals surface area (Å²) in [6, 6.07) is 9.49. The number of nitrogens with zero attached hydrogens (tertiary/aromatic N) is 1. The Hall–Kier alpha value is -2.08. The lowest BCUT2D eigenvalue weighted by atomic mass is 10.1. The maximum Gasteiger partial charge on any atom is 0.255 e. The van der Waals surface area contributed by atoms with Gasteiger partial charge in [0.25, 0.3) is 5.91 Å². The van der Waals surface area contributed by atoms with E-state index in [0.29, 0.717) is 22.5 Å². The molecule has 0 radical (unpaired) electrons. The van der Waals surface area contributed by atoms with Crippen molar-refractivity contribution in [3.8, 4) is 11.5 Å². The molecule has 0 saturated carbocycles. The van der Waals surface area contributed by atoms with Crippen LogP contribution in [0.4, 0.5) is 4.39 Å². The van der Waals surface area contributed by atoms with Crippen molar-refractivity contribution in [3.63, 3.8) is 0 Å². The maximum atomic E-state index is 13.4. The third-order valence-corrected chi connectivity index (χ3v) is 4.06. The van der Waals surface area contributed by atoms with E-state index in [1.807, 2.05) is 12.1 Å². The second kappa shape index (κ2) is 7.46. The molecule has 0 aliphatic carbocycles. The molecule has 0 atom stereocenters. The molecule has 0 spiro atoms. The van der Waals surface area contributed by atoms with E-state index in [-0.39, 0.29) is 11.5 Å². The van der Waals surface area contributed by atoms with Gasteiger partial charge < -0.3 is 14.4 Å². The lowest BCUT2D eigenvalue weighted by molar-refractivity contribution is 0.0783. The van der Waals surface area contributed by atoms with Gasteiger partial charge in [0.05, 0.1) is 19.8 Å². The highest BCUT2D eigenvalue weighted by Crippen LogP contribution is 2.28. The fraction of sp³-hybridized carbons (Fsp3) is 0.235. The Balaban J connectivity index is 2.19. The fourth-order valence-corrected chi connectivity index (χ4v) is 2.61. The summed E-state index contributed by atoms with van der Waals surface area (Å²) in [6.45, 7) is 0.363. The quantitative estimate of drug-likeness (QED) is 0.788. The van der Waals surface area contributed by atoms with Gasteiger partial charge in [-0.2, -0.15) is 0 Å². The predicted molar refractivity (Wildman–Crippen MR) is 89.4 cm³/mol. The molecule has 1 amide bonds. The van der Waals surface area contributed by atoms with Crippen LogP contribution in [0.3, 0.4) is 0 Å². The number of halogens is 2. The van der Waals surface area contributed by atoms with Gasteiger partial charge in [0.1, 0.15) is 5.82 Å². The fourth-order valence-electron chi connectivity index (χ4n) is 2.19. The number of carbonyl (C=O) groups is 1. The zero-order chi connectivity index (χ0) is 17.0. The molecule has 0 aromatic heterocycles. The summed E-state index contributed by atoms with van der Waals surface area (Å²) in [5, 5.41) is 0. The Morgan fingerprint density at radius 1 is 1.13 bits per heavy atom. The summed E-state index contributed by atoms with van der Waals surface area (Å²) >= 11 is 3.28. The molecule has 0 aliphatic rings. The number of amides is 1. The average molecular weight is 382 g/mol. The number of carbonyl (C=O) groups excluding carboxylic acids is 1. The SMILES string of the molecule is COc1ccc(CN(C)C(=O)c2cc(F)ccc2Br)cc1OC. The van der Waals surface area contributed by atoms with Crippen molar-refractivity contribution in [1.82, 2.24) is 4.90 Å². The van der Waals surface area contributed by atoms with Crippen LogP contribution < -0.4 is 9.47 Å². The molecule has 0 unspecified atom stereocenters. The molecule has 2 aromatic rings. The average Bonchev–Trinajstić information content (AvgIpc) is 2.56. The van der Waals surface area contributed by atoms with Crippen molar-refractivity contribution in [1.29, 1.82) is 0 Å². The van der Waals surface area contributed by atoms with Gasteiger partial charge in [0.2, 0.25) is 0 Å². The van der Waals surface area contributed by atoms with Crippen molar-refractivity contribution in [3.05, 3.63) is 57.8 Å². The predicted octanol–water partition coefficient (Wildman–Crippen LogP) is 3.88. The van der Waals surface area contributed by atoms with Crippen molar-refractivity contribution < 1.29 is 18.7 Å². The number of ether oxygens (including phenoxy) is 2. The summed E-state index contributed by atoms with van der Waals surface area (Å²) in [4.78, 5) is 14.0. The van der Waals surface area contributed by atoms with Crippen LogP contribution in [-0.4, -0.2) is 32.1 Å². The molecule has 0 bridgehead atoms. The number of rotatable bonds is 5. The molecule has 0 saturated heterocycles. The van der Waals surface area contributed by atoms with Gasteiger partial charge >= 0.3 is 0 Å². The van der Waals surface area contributed by atoms with Crippen molar-refractivity contribution >= 4 is 21.8 Å². The van der Waals surface area contributed by atoms with Crippen LogP contribution in [0.2, 0.25) is 0 Å². The van der Waals surface area contributed by atoms with Crippen LogP contribution in [0.15, 0.2) is 40.9 Å². The van der Waals surface area contributed by atoms with Gasteiger partial charge in [-0.15, -0.1) is 0 Å². The lowest BCUT2D eigenvalue weighted by Crippen LogP contribution is -2.26. The molecule has 6 heteroatoms. The zero-order valence-electron chi connectivity index (χ0n) is 13.1. The summed E-state index contributed by atoms with van der Waals surface area (Å²) in [6.07, 6.45) is 0. The minimum absolute atomic E-state index is 0.272. The molecule has 0 N–H and O–H groups in total. The Morgan fingerprint density at radius 3 is 2.48 bits per heavy atom. The zero-order valence-corrected chi connectivity index (χ0v) is 14.7. The van der Waals surface area contributed by atoms with Gasteiger partial charge in [-0.25, -0.2) is 4.39 Å². The second-order valence-electron chi connectivity index (χ2n) is 4.97. The highest BCUT2D eigenvalue weighted by molar-refractivity contribution is 9.10. The van der Waals surface area contributed by atoms with E-state index in [0.717, 1.165) is 5.56 Å². The standard InChI is InChI=1S/C17H17BrFNO3/c1-20(17(21)13-9-12(19)5-6-14(13)18)10-11-4-7-15(22-2)16(8-11)23-3/h4-9H,10H2,1-3H3. The summed E-state index contributed by atoms with van der Waals surface area (Å²) in [5.41, 5.74) is 1.17. The third-order valence-electron chi connectivity index (χ3n) is 3.37. The minimum atomic E-state index is -0.448. The van der Waals surface area contributed by atoms with Crippen molar-refractivity contribution in [2.75, 3.05) is 21.3 Å². The van der Waals surface area contributed by atoms with Crippen molar-refractivity contribution in [2.45, 2.75) is 6.54 Å². The number of hydrogen-bond acceptors (Lipinski definition) is 3. The molecule has 0 fully saturated rings. The molecule has 2 rings (SSSR count). The molecule has 4 nitrogen and oxygen atoms in total. The third kappa shape index (κ3) is 4.01. The van der Waals surface area contributed by atoms with Crippen LogP contribution in [0.25, 0.3) is 0 Å². The second-order valence-corrected chi connectivity index (χ2v) is 5.83. The Kier molecular flexibility index (Phi) is 5.60. The summed E-state index contributed by atoms with van der Waals surface area (Å²) in [5.74, 6) is 0.498. The molecule has 122 valence electrons. The first-order valence-corrected chi connectivity index (χ1v) is 7.67. The maximum absolute atomic E-state index is 13.4. The van der Waals surface area contributed by atoms with Gasteiger partial charge in [-0.1, -0.05) is 6.07 Å². The number of methoxy groups -OCH3 is 2. The number of benzene rings is 2. The van der Waals surface area contributed by atoms with E-state index in [1.165, 1.54) is 23.1 Å². The molecule has 0 aliphatic heterocycles. The highest BCUT2D eigenvalue weighted by atomic mass is 79.9. The van der Waals surface area contributed by atoms with E-state index in [2.05, 4.69) is 15.9 Å². The minimum Gasteiger partial charge on any atom is -0.493 e. The Labute approximate surface area is 142 Å². The van der Waals surface area contributed by atoms with E-state index < -0.39 is 5.82 Å². The van der Waals surface area contributed by atoms with Crippen LogP contribution in [-0.2, 0) is 6.54 Å². The highest BCUT2D eigenvalue weighted by Gasteiger charge is 2.16. The first-order valence-electron chi connectivity index (χ1n) is 6.87. The smallest absolute Gasteiger partial charge is 0.255 e. The van der Waals surface area contributed by atoms with Crippen LogP contribution in [0.1, 0.15) is 15.9 Å². The van der Waals surface area contributed by atoms with Gasteiger partial charge in [0.15, 0.2) is 11.5 Å². The van der Waals surface area contributed by atoms with Crippen LogP contribution >= 0.6 is 15.9 Å². The molecule has 0 heterocycles. The van der Waals surface area contributed by atoms with E-state index >= 15 is 0 Å². The largest absolute Gasteiger partial charge is 0.493 e. The van der Waals surface area contributed by atoms with Gasteiger partial charge in [0, 0.05) is 18.1 Å². The van der Waals surface area contributed by atoms with Crippen LogP contribution in [0, 0.1) is 5.82 Å². The molecule has 23 heavy (non-hydrogen) atoms. The van der Waals surface area contributed by atoms with Crippen LogP contribution in [0.5, 0.6) is 11.5 Å². The number of hydrogen-bond donors (Lipinski definition) is 0. The van der Waals surface area contributed by atoms with E-state index in [4.69, 9.17) is 9.47 Å². The van der Waals surface area contributed by atoms with Gasteiger partial charge in [-0.05, 0) is 51.8 Å². The first-order chi connectivity index (χ1) is 11.0. The Bertz CT molecular complexity index is 721. The first kappa shape index (κ1) is 17.3. The lowest BCUT2D eigenvalue weighted by Gasteiger charge is -2.19. The summed E-state index contributed by atoms with van der Waals surface area (Å²) in [7, 11) is 4.78. The summed E-state index contributed by atoms with van der Waals surface area (Å²) < 4.78 is 24.4. The monoisotopic (exact) mass is 381 g/mol. The molecular weight excluding hydrogens is 365 g/mol.